The van der Waals surface area contributed by atoms with Gasteiger partial charge in [0.25, 0.3) is 0 Å². The van der Waals surface area contributed by atoms with E-state index in [0.717, 1.165) is 11.3 Å². The predicted molar refractivity (Wildman–Crippen MR) is 59.1 cm³/mol. The minimum absolute atomic E-state index is 0.588. The third kappa shape index (κ3) is 0.976. The van der Waals surface area contributed by atoms with E-state index in [9.17, 15) is 0 Å². The van der Waals surface area contributed by atoms with Crippen molar-refractivity contribution >= 4 is 15.9 Å². The quantitative estimate of drug-likeness (QED) is 0.603. The predicted octanol–water partition coefficient (Wildman–Crippen LogP) is 4.27. The van der Waals surface area contributed by atoms with E-state index < -0.39 is 0 Å². The van der Waals surface area contributed by atoms with Crippen LogP contribution in [0.15, 0.2) is 0 Å². The minimum Gasteiger partial charge on any atom is -0.0847 e. The maximum absolute atomic E-state index is 4.11. The second-order valence-electron chi connectivity index (χ2n) is 5.46. The second kappa shape index (κ2) is 2.74. The first-order valence-corrected chi connectivity index (χ1v) is 6.75. The molecule has 0 radical (unpaired) electrons. The van der Waals surface area contributed by atoms with Crippen molar-refractivity contribution in [2.24, 2.45) is 11.3 Å². The number of alkyl halides is 1. The first-order chi connectivity index (χ1) is 6.27. The van der Waals surface area contributed by atoms with E-state index in [1.54, 1.807) is 0 Å². The monoisotopic (exact) mass is 242 g/mol. The highest BCUT2D eigenvalue weighted by atomic mass is 79.9. The van der Waals surface area contributed by atoms with Crippen LogP contribution in [0.1, 0.15) is 57.8 Å². The van der Waals surface area contributed by atoms with Gasteiger partial charge in [0.15, 0.2) is 0 Å². The molecule has 3 aliphatic rings. The highest BCUT2D eigenvalue weighted by molar-refractivity contribution is 9.10. The van der Waals surface area contributed by atoms with Crippen molar-refractivity contribution in [3.63, 3.8) is 0 Å². The van der Waals surface area contributed by atoms with Gasteiger partial charge in [-0.05, 0) is 49.9 Å². The molecule has 0 saturated heterocycles. The number of halogens is 1. The lowest BCUT2D eigenvalue weighted by atomic mass is 9.61. The maximum Gasteiger partial charge on any atom is 0.0316 e. The van der Waals surface area contributed by atoms with Gasteiger partial charge in [-0.15, -0.1) is 0 Å². The summed E-state index contributed by atoms with van der Waals surface area (Å²) in [5.74, 6) is 1.09. The van der Waals surface area contributed by atoms with E-state index in [4.69, 9.17) is 0 Å². The van der Waals surface area contributed by atoms with E-state index in [1.807, 2.05) is 0 Å². The summed E-state index contributed by atoms with van der Waals surface area (Å²) in [7, 11) is 0. The Labute approximate surface area is 89.6 Å². The van der Waals surface area contributed by atoms with Gasteiger partial charge in [-0.3, -0.25) is 0 Å². The van der Waals surface area contributed by atoms with Gasteiger partial charge >= 0.3 is 0 Å². The average Bonchev–Trinajstić information content (AvgIpc) is 2.38. The molecule has 3 saturated carbocycles. The van der Waals surface area contributed by atoms with E-state index in [0.29, 0.717) is 4.32 Å². The molecule has 3 aliphatic carbocycles. The molecule has 1 heteroatoms. The average molecular weight is 243 g/mol. The standard InChI is InChI=1S/C12H19Br/c13-12-8-2-6-11(12,7-3-9-12)10-4-1-5-10/h10H,1-9H2. The van der Waals surface area contributed by atoms with E-state index in [2.05, 4.69) is 15.9 Å². The van der Waals surface area contributed by atoms with E-state index >= 15 is 0 Å². The fraction of sp³-hybridized carbons (Fsp3) is 1.00. The fourth-order valence-electron chi connectivity index (χ4n) is 4.30. The lowest BCUT2D eigenvalue weighted by Crippen LogP contribution is -2.42. The molecule has 13 heavy (non-hydrogen) atoms. The molecular formula is C12H19Br. The summed E-state index contributed by atoms with van der Waals surface area (Å²) in [6.07, 6.45) is 13.5. The van der Waals surface area contributed by atoms with Crippen LogP contribution in [0.25, 0.3) is 0 Å². The molecule has 0 atom stereocenters. The van der Waals surface area contributed by atoms with Crippen molar-refractivity contribution in [1.82, 2.24) is 0 Å². The Balaban J connectivity index is 1.93. The molecule has 0 spiro atoms. The van der Waals surface area contributed by atoms with Crippen molar-refractivity contribution in [2.75, 3.05) is 0 Å². The molecule has 0 bridgehead atoms. The highest BCUT2D eigenvalue weighted by Crippen LogP contribution is 2.68. The van der Waals surface area contributed by atoms with Crippen LogP contribution in [0.4, 0.5) is 0 Å². The summed E-state index contributed by atoms with van der Waals surface area (Å²) in [5, 5.41) is 0. The highest BCUT2D eigenvalue weighted by Gasteiger charge is 2.60. The number of rotatable bonds is 1. The molecule has 0 unspecified atom stereocenters. The van der Waals surface area contributed by atoms with Crippen molar-refractivity contribution in [3.8, 4) is 0 Å². The van der Waals surface area contributed by atoms with Gasteiger partial charge in [0.2, 0.25) is 0 Å². The fourth-order valence-corrected chi connectivity index (χ4v) is 5.58. The third-order valence-corrected chi connectivity index (χ3v) is 6.75. The summed E-state index contributed by atoms with van der Waals surface area (Å²) >= 11 is 4.11. The molecular weight excluding hydrogens is 224 g/mol. The molecule has 0 aromatic rings. The summed E-state index contributed by atoms with van der Waals surface area (Å²) in [4.78, 5) is 0. The topological polar surface area (TPSA) is 0 Å². The SMILES string of the molecule is BrC12CCCC1(C1CCC1)CCC2. The molecule has 3 rings (SSSR count). The molecule has 0 aromatic carbocycles. The Kier molecular flexibility index (Phi) is 1.85. The van der Waals surface area contributed by atoms with E-state index in [-0.39, 0.29) is 0 Å². The van der Waals surface area contributed by atoms with Gasteiger partial charge in [-0.25, -0.2) is 0 Å². The van der Waals surface area contributed by atoms with Gasteiger partial charge in [0, 0.05) is 4.32 Å². The van der Waals surface area contributed by atoms with Crippen LogP contribution >= 0.6 is 15.9 Å². The van der Waals surface area contributed by atoms with Crippen LogP contribution in [0.5, 0.6) is 0 Å². The molecule has 74 valence electrons. The van der Waals surface area contributed by atoms with Crippen molar-refractivity contribution < 1.29 is 0 Å². The Hall–Kier alpha value is 0.480. The Morgan fingerprint density at radius 3 is 1.92 bits per heavy atom. The van der Waals surface area contributed by atoms with Crippen LogP contribution < -0.4 is 0 Å². The molecule has 0 N–H and O–H groups in total. The zero-order valence-corrected chi connectivity index (χ0v) is 9.91. The summed E-state index contributed by atoms with van der Waals surface area (Å²) in [6, 6.07) is 0. The number of fused-ring (bicyclic) bond motifs is 1. The van der Waals surface area contributed by atoms with Gasteiger partial charge in [0.05, 0.1) is 0 Å². The molecule has 0 aromatic heterocycles. The van der Waals surface area contributed by atoms with Crippen LogP contribution in [0.2, 0.25) is 0 Å². The van der Waals surface area contributed by atoms with Gasteiger partial charge in [-0.2, -0.15) is 0 Å². The lowest BCUT2D eigenvalue weighted by molar-refractivity contribution is 0.0795. The van der Waals surface area contributed by atoms with Crippen LogP contribution in [-0.4, -0.2) is 4.32 Å². The van der Waals surface area contributed by atoms with Crippen LogP contribution in [0, 0.1) is 11.3 Å². The maximum atomic E-state index is 4.11. The molecule has 0 nitrogen and oxygen atoms in total. The zero-order chi connectivity index (χ0) is 8.94. The number of hydrogen-bond acceptors (Lipinski definition) is 0. The smallest absolute Gasteiger partial charge is 0.0316 e. The molecule has 0 amide bonds. The summed E-state index contributed by atoms with van der Waals surface area (Å²) in [5.41, 5.74) is 0.755. The minimum atomic E-state index is 0.588. The zero-order valence-electron chi connectivity index (χ0n) is 8.32. The van der Waals surface area contributed by atoms with Crippen molar-refractivity contribution in [1.29, 1.82) is 0 Å². The first kappa shape index (κ1) is 8.76. The summed E-state index contributed by atoms with van der Waals surface area (Å²) < 4.78 is 0.588. The summed E-state index contributed by atoms with van der Waals surface area (Å²) in [6.45, 7) is 0. The Morgan fingerprint density at radius 2 is 1.46 bits per heavy atom. The second-order valence-corrected chi connectivity index (χ2v) is 6.97. The lowest BCUT2D eigenvalue weighted by Gasteiger charge is -2.47. The normalized spacial score (nSPS) is 50.5. The van der Waals surface area contributed by atoms with Crippen molar-refractivity contribution in [3.05, 3.63) is 0 Å². The first-order valence-electron chi connectivity index (χ1n) is 5.96. The number of hydrogen-bond donors (Lipinski definition) is 0. The Bertz CT molecular complexity index is 207. The van der Waals surface area contributed by atoms with Gasteiger partial charge in [-0.1, -0.05) is 35.2 Å². The van der Waals surface area contributed by atoms with E-state index in [1.165, 1.54) is 57.8 Å². The van der Waals surface area contributed by atoms with Crippen molar-refractivity contribution in [2.45, 2.75) is 62.1 Å². The molecule has 0 aliphatic heterocycles. The van der Waals surface area contributed by atoms with Crippen LogP contribution in [0.3, 0.4) is 0 Å². The molecule has 3 fully saturated rings. The van der Waals surface area contributed by atoms with Gasteiger partial charge < -0.3 is 0 Å². The van der Waals surface area contributed by atoms with Crippen LogP contribution in [-0.2, 0) is 0 Å². The van der Waals surface area contributed by atoms with Gasteiger partial charge in [0.1, 0.15) is 0 Å². The third-order valence-electron chi connectivity index (χ3n) is 5.17. The Morgan fingerprint density at radius 1 is 0.846 bits per heavy atom. The largest absolute Gasteiger partial charge is 0.0847 e. The molecule has 0 heterocycles.